The summed E-state index contributed by atoms with van der Waals surface area (Å²) in [6, 6.07) is 13.3. The maximum atomic E-state index is 14.2. The summed E-state index contributed by atoms with van der Waals surface area (Å²) in [4.78, 5) is 2.06. The van der Waals surface area contributed by atoms with Gasteiger partial charge in [-0.3, -0.25) is 0 Å². The first-order chi connectivity index (χ1) is 9.65. The van der Waals surface area contributed by atoms with Crippen LogP contribution in [0.4, 0.5) is 10.1 Å². The molecule has 0 bridgehead atoms. The molecule has 0 spiro atoms. The predicted octanol–water partition coefficient (Wildman–Crippen LogP) is 3.44. The van der Waals surface area contributed by atoms with Crippen molar-refractivity contribution in [3.8, 4) is 0 Å². The predicted molar refractivity (Wildman–Crippen MR) is 78.2 cm³/mol. The Morgan fingerprint density at radius 3 is 2.60 bits per heavy atom. The van der Waals surface area contributed by atoms with Crippen molar-refractivity contribution in [3.05, 3.63) is 65.0 Å². The Morgan fingerprint density at radius 2 is 1.90 bits per heavy atom. The zero-order chi connectivity index (χ0) is 14.1. The fourth-order valence-corrected chi connectivity index (χ4v) is 2.74. The van der Waals surface area contributed by atoms with Gasteiger partial charge in [0.15, 0.2) is 0 Å². The minimum absolute atomic E-state index is 0.261. The van der Waals surface area contributed by atoms with Crippen molar-refractivity contribution in [2.45, 2.75) is 26.0 Å². The molecule has 0 unspecified atom stereocenters. The summed E-state index contributed by atoms with van der Waals surface area (Å²) in [5.74, 6) is -0.261. The van der Waals surface area contributed by atoms with Gasteiger partial charge in [-0.2, -0.15) is 0 Å². The number of halogens is 1. The summed E-state index contributed by atoms with van der Waals surface area (Å²) in [6.07, 6.45) is 0.300. The molecule has 2 aromatic rings. The van der Waals surface area contributed by atoms with Crippen molar-refractivity contribution in [3.63, 3.8) is 0 Å². The van der Waals surface area contributed by atoms with Gasteiger partial charge in [0.25, 0.3) is 0 Å². The van der Waals surface area contributed by atoms with Gasteiger partial charge in [-0.05, 0) is 42.2 Å². The van der Waals surface area contributed by atoms with Crippen molar-refractivity contribution >= 4 is 5.69 Å². The van der Waals surface area contributed by atoms with Crippen LogP contribution < -0.4 is 4.90 Å². The number of benzene rings is 2. The third-order valence-corrected chi connectivity index (χ3v) is 3.93. The van der Waals surface area contributed by atoms with E-state index < -0.39 is 6.10 Å². The van der Waals surface area contributed by atoms with Gasteiger partial charge in [-0.15, -0.1) is 0 Å². The first kappa shape index (κ1) is 13.1. The Morgan fingerprint density at radius 1 is 1.15 bits per heavy atom. The fraction of sp³-hybridized carbons (Fsp3) is 0.294. The molecule has 2 nitrogen and oxygen atoms in total. The summed E-state index contributed by atoms with van der Waals surface area (Å²) in [7, 11) is 0. The van der Waals surface area contributed by atoms with Gasteiger partial charge in [0, 0.05) is 13.1 Å². The smallest absolute Gasteiger partial charge is 0.146 e. The van der Waals surface area contributed by atoms with Crippen LogP contribution in [0.2, 0.25) is 0 Å². The second-order valence-electron chi connectivity index (χ2n) is 5.33. The highest BCUT2D eigenvalue weighted by Crippen LogP contribution is 2.28. The molecule has 0 radical (unpaired) electrons. The van der Waals surface area contributed by atoms with E-state index in [9.17, 15) is 9.50 Å². The molecule has 0 fully saturated rings. The van der Waals surface area contributed by atoms with Gasteiger partial charge >= 0.3 is 0 Å². The topological polar surface area (TPSA) is 23.5 Å². The highest BCUT2D eigenvalue weighted by atomic mass is 19.1. The Labute approximate surface area is 118 Å². The molecule has 3 rings (SSSR count). The number of aliphatic hydroxyl groups is 1. The molecule has 0 aliphatic carbocycles. The number of aliphatic hydroxyl groups excluding tert-OH is 1. The first-order valence-corrected chi connectivity index (χ1v) is 6.94. The largest absolute Gasteiger partial charge is 0.389 e. The Balaban J connectivity index is 1.88. The molecule has 0 saturated heterocycles. The van der Waals surface area contributed by atoms with Gasteiger partial charge in [0.2, 0.25) is 0 Å². The van der Waals surface area contributed by atoms with E-state index in [2.05, 4.69) is 17.0 Å². The average Bonchev–Trinajstić information content (AvgIpc) is 2.46. The molecule has 3 heteroatoms. The summed E-state index contributed by atoms with van der Waals surface area (Å²) < 4.78 is 14.2. The van der Waals surface area contributed by atoms with Gasteiger partial charge in [-0.1, -0.05) is 30.3 Å². The van der Waals surface area contributed by atoms with Crippen LogP contribution in [0.25, 0.3) is 0 Å². The number of hydrogen-bond donors (Lipinski definition) is 1. The van der Waals surface area contributed by atoms with Crippen molar-refractivity contribution in [1.82, 2.24) is 0 Å². The lowest BCUT2D eigenvalue weighted by Crippen LogP contribution is -2.31. The Hall–Kier alpha value is -1.87. The van der Waals surface area contributed by atoms with E-state index in [1.165, 1.54) is 17.2 Å². The van der Waals surface area contributed by atoms with Crippen LogP contribution in [0.5, 0.6) is 0 Å². The highest BCUT2D eigenvalue weighted by molar-refractivity contribution is 5.52. The van der Waals surface area contributed by atoms with E-state index in [4.69, 9.17) is 0 Å². The lowest BCUT2D eigenvalue weighted by Gasteiger charge is -2.31. The maximum absolute atomic E-state index is 14.2. The number of nitrogens with zero attached hydrogens (tertiary/aromatic N) is 1. The monoisotopic (exact) mass is 271 g/mol. The van der Waals surface area contributed by atoms with E-state index in [-0.39, 0.29) is 5.82 Å². The number of anilines is 1. The molecule has 1 aliphatic rings. The van der Waals surface area contributed by atoms with Crippen LogP contribution in [-0.4, -0.2) is 11.7 Å². The molecule has 1 aliphatic heterocycles. The van der Waals surface area contributed by atoms with Crippen LogP contribution >= 0.6 is 0 Å². The van der Waals surface area contributed by atoms with Crippen LogP contribution in [-0.2, 0) is 13.0 Å². The fourth-order valence-electron chi connectivity index (χ4n) is 2.74. The number of hydrogen-bond acceptors (Lipinski definition) is 2. The number of rotatable bonds is 2. The van der Waals surface area contributed by atoms with Crippen LogP contribution in [0.3, 0.4) is 0 Å². The highest BCUT2D eigenvalue weighted by Gasteiger charge is 2.19. The minimum atomic E-state index is -0.638. The molecule has 104 valence electrons. The molecule has 0 aromatic heterocycles. The maximum Gasteiger partial charge on any atom is 0.146 e. The summed E-state index contributed by atoms with van der Waals surface area (Å²) in [5, 5.41) is 9.50. The lowest BCUT2D eigenvalue weighted by atomic mass is 9.99. The molecule has 2 aromatic carbocycles. The summed E-state index contributed by atoms with van der Waals surface area (Å²) in [5.41, 5.74) is 3.84. The van der Waals surface area contributed by atoms with Gasteiger partial charge in [0.1, 0.15) is 5.82 Å². The van der Waals surface area contributed by atoms with Gasteiger partial charge < -0.3 is 10.0 Å². The third kappa shape index (κ3) is 2.41. The van der Waals surface area contributed by atoms with Gasteiger partial charge in [-0.25, -0.2) is 4.39 Å². The molecule has 1 N–H and O–H groups in total. The Kier molecular flexibility index (Phi) is 3.45. The van der Waals surface area contributed by atoms with Crippen LogP contribution in [0, 0.1) is 5.82 Å². The average molecular weight is 271 g/mol. The summed E-state index contributed by atoms with van der Waals surface area (Å²) >= 11 is 0. The third-order valence-electron chi connectivity index (χ3n) is 3.93. The molecular formula is C17H18FNO. The van der Waals surface area contributed by atoms with Crippen LogP contribution in [0.1, 0.15) is 29.7 Å². The van der Waals surface area contributed by atoms with Crippen molar-refractivity contribution < 1.29 is 9.50 Å². The standard InChI is InChI=1S/C17H18FNO/c1-12(20)14-6-7-17(16(18)10-14)19-9-8-13-4-2-3-5-15(13)11-19/h2-7,10,12,20H,8-9,11H2,1H3/t12-/m1/s1. The van der Waals surface area contributed by atoms with E-state index in [0.717, 1.165) is 19.5 Å². The zero-order valence-corrected chi connectivity index (χ0v) is 11.5. The zero-order valence-electron chi connectivity index (χ0n) is 11.5. The molecule has 0 saturated carbocycles. The van der Waals surface area contributed by atoms with E-state index in [1.807, 2.05) is 12.1 Å². The van der Waals surface area contributed by atoms with E-state index in [0.29, 0.717) is 11.3 Å². The van der Waals surface area contributed by atoms with Crippen molar-refractivity contribution in [2.24, 2.45) is 0 Å². The SMILES string of the molecule is C[C@@H](O)c1ccc(N2CCc3ccccc3C2)c(F)c1. The second kappa shape index (κ2) is 5.25. The molecule has 1 heterocycles. The first-order valence-electron chi connectivity index (χ1n) is 6.94. The van der Waals surface area contributed by atoms with Crippen molar-refractivity contribution in [2.75, 3.05) is 11.4 Å². The molecule has 0 amide bonds. The quantitative estimate of drug-likeness (QED) is 0.904. The van der Waals surface area contributed by atoms with E-state index >= 15 is 0 Å². The van der Waals surface area contributed by atoms with Crippen molar-refractivity contribution in [1.29, 1.82) is 0 Å². The molecule has 1 atom stereocenters. The van der Waals surface area contributed by atoms with Crippen LogP contribution in [0.15, 0.2) is 42.5 Å². The normalized spacial score (nSPS) is 15.8. The minimum Gasteiger partial charge on any atom is -0.389 e. The number of fused-ring (bicyclic) bond motifs is 1. The summed E-state index contributed by atoms with van der Waals surface area (Å²) in [6.45, 7) is 3.20. The second-order valence-corrected chi connectivity index (χ2v) is 5.33. The molecular weight excluding hydrogens is 253 g/mol. The van der Waals surface area contributed by atoms with E-state index in [1.54, 1.807) is 19.1 Å². The van der Waals surface area contributed by atoms with Gasteiger partial charge in [0.05, 0.1) is 11.8 Å². The molecule has 20 heavy (non-hydrogen) atoms. The lowest BCUT2D eigenvalue weighted by molar-refractivity contribution is 0.199. The Bertz CT molecular complexity index is 624.